The van der Waals surface area contributed by atoms with Gasteiger partial charge in [0.05, 0.1) is 6.04 Å². The number of hydrogen-bond acceptors (Lipinski definition) is 2. The highest BCUT2D eigenvalue weighted by atomic mass is 19.4. The lowest BCUT2D eigenvalue weighted by Crippen LogP contribution is -2.50. The monoisotopic (exact) mass is 352 g/mol. The number of carbonyl (C=O) groups is 1. The van der Waals surface area contributed by atoms with Gasteiger partial charge >= 0.3 is 12.4 Å². The molecule has 4 nitrogen and oxygen atoms in total. The maximum absolute atomic E-state index is 12.4. The SMILES string of the molecule is CC(NC(=O)NC1CC(C(F)F)C1)c1cccc(OC(F)(F)F)c1. The maximum Gasteiger partial charge on any atom is 0.573 e. The fraction of sp³-hybridized carbons (Fsp3) is 0.533. The number of rotatable bonds is 5. The standard InChI is InChI=1S/C15H17F5N2O2/c1-8(9-3-2-4-12(7-9)24-15(18,19)20)21-14(23)22-11-5-10(6-11)13(16)17/h2-4,7-8,10-11,13H,5-6H2,1H3,(H2,21,22,23). The van der Waals surface area contributed by atoms with Crippen LogP contribution < -0.4 is 15.4 Å². The molecule has 0 radical (unpaired) electrons. The van der Waals surface area contributed by atoms with Crippen molar-refractivity contribution in [1.82, 2.24) is 10.6 Å². The molecule has 2 amide bonds. The Morgan fingerprint density at radius 2 is 1.96 bits per heavy atom. The Bertz CT molecular complexity index is 573. The Kier molecular flexibility index (Phi) is 5.51. The molecule has 9 heteroatoms. The van der Waals surface area contributed by atoms with Crippen LogP contribution in [0.1, 0.15) is 31.4 Å². The van der Waals surface area contributed by atoms with Gasteiger partial charge in [-0.05, 0) is 37.5 Å². The highest BCUT2D eigenvalue weighted by molar-refractivity contribution is 5.74. The van der Waals surface area contributed by atoms with E-state index < -0.39 is 30.8 Å². The van der Waals surface area contributed by atoms with Crippen LogP contribution in [0.4, 0.5) is 26.7 Å². The fourth-order valence-electron chi connectivity index (χ4n) is 2.47. The number of nitrogens with one attached hydrogen (secondary N) is 2. The average molecular weight is 352 g/mol. The molecule has 1 aromatic rings. The van der Waals surface area contributed by atoms with Crippen molar-refractivity contribution in [1.29, 1.82) is 0 Å². The van der Waals surface area contributed by atoms with Crippen molar-refractivity contribution in [3.63, 3.8) is 0 Å². The van der Waals surface area contributed by atoms with Crippen LogP contribution in [0.15, 0.2) is 24.3 Å². The Balaban J connectivity index is 1.85. The van der Waals surface area contributed by atoms with Crippen molar-refractivity contribution < 1.29 is 31.5 Å². The highest BCUT2D eigenvalue weighted by Gasteiger charge is 2.36. The fourth-order valence-corrected chi connectivity index (χ4v) is 2.47. The molecule has 1 aromatic carbocycles. The summed E-state index contributed by atoms with van der Waals surface area (Å²) in [4.78, 5) is 11.8. The van der Waals surface area contributed by atoms with Crippen molar-refractivity contribution in [2.75, 3.05) is 0 Å². The largest absolute Gasteiger partial charge is 0.573 e. The van der Waals surface area contributed by atoms with Crippen LogP contribution >= 0.6 is 0 Å². The summed E-state index contributed by atoms with van der Waals surface area (Å²) in [5.41, 5.74) is 0.422. The highest BCUT2D eigenvalue weighted by Crippen LogP contribution is 2.32. The van der Waals surface area contributed by atoms with Gasteiger partial charge in [-0.1, -0.05) is 12.1 Å². The van der Waals surface area contributed by atoms with E-state index in [1.165, 1.54) is 12.1 Å². The molecule has 1 aliphatic rings. The van der Waals surface area contributed by atoms with Crippen molar-refractivity contribution in [3.8, 4) is 5.75 Å². The van der Waals surface area contributed by atoms with E-state index in [0.29, 0.717) is 5.56 Å². The van der Waals surface area contributed by atoms with Crippen LogP contribution in [-0.4, -0.2) is 24.9 Å². The van der Waals surface area contributed by atoms with E-state index in [4.69, 9.17) is 0 Å². The van der Waals surface area contributed by atoms with Gasteiger partial charge < -0.3 is 15.4 Å². The first-order valence-electron chi connectivity index (χ1n) is 7.35. The van der Waals surface area contributed by atoms with Crippen LogP contribution in [0.5, 0.6) is 5.75 Å². The van der Waals surface area contributed by atoms with Gasteiger partial charge in [-0.2, -0.15) is 0 Å². The summed E-state index contributed by atoms with van der Waals surface area (Å²) < 4.78 is 65.2. The Labute approximate surface area is 135 Å². The maximum atomic E-state index is 12.4. The first-order valence-corrected chi connectivity index (χ1v) is 7.35. The summed E-state index contributed by atoms with van der Waals surface area (Å²) in [5, 5.41) is 5.12. The number of amides is 2. The second-order valence-corrected chi connectivity index (χ2v) is 5.72. The third-order valence-electron chi connectivity index (χ3n) is 3.81. The quantitative estimate of drug-likeness (QED) is 0.788. The van der Waals surface area contributed by atoms with E-state index in [1.807, 2.05) is 0 Å². The van der Waals surface area contributed by atoms with Crippen LogP contribution in [-0.2, 0) is 0 Å². The van der Waals surface area contributed by atoms with Crippen molar-refractivity contribution in [3.05, 3.63) is 29.8 Å². The molecule has 1 fully saturated rings. The molecule has 1 aliphatic carbocycles. The molecule has 134 valence electrons. The van der Waals surface area contributed by atoms with Crippen LogP contribution in [0, 0.1) is 5.92 Å². The average Bonchev–Trinajstić information content (AvgIpc) is 2.40. The smallest absolute Gasteiger partial charge is 0.406 e. The van der Waals surface area contributed by atoms with Gasteiger partial charge in [0.25, 0.3) is 0 Å². The minimum absolute atomic E-state index is 0.217. The molecule has 0 aromatic heterocycles. The van der Waals surface area contributed by atoms with Crippen molar-refractivity contribution in [2.24, 2.45) is 5.92 Å². The molecule has 0 heterocycles. The van der Waals surface area contributed by atoms with Gasteiger partial charge in [-0.3, -0.25) is 0 Å². The predicted molar refractivity (Wildman–Crippen MR) is 75.7 cm³/mol. The number of carbonyl (C=O) groups excluding carboxylic acids is 1. The van der Waals surface area contributed by atoms with Crippen LogP contribution in [0.25, 0.3) is 0 Å². The molecule has 2 rings (SSSR count). The molecule has 0 spiro atoms. The molecule has 2 N–H and O–H groups in total. The Hall–Kier alpha value is -2.06. The molecule has 0 aliphatic heterocycles. The summed E-state index contributed by atoms with van der Waals surface area (Å²) >= 11 is 0. The van der Waals surface area contributed by atoms with E-state index in [2.05, 4.69) is 15.4 Å². The minimum Gasteiger partial charge on any atom is -0.406 e. The summed E-state index contributed by atoms with van der Waals surface area (Å²) in [7, 11) is 0. The first-order chi connectivity index (χ1) is 11.1. The van der Waals surface area contributed by atoms with E-state index in [9.17, 15) is 26.7 Å². The van der Waals surface area contributed by atoms with Gasteiger partial charge in [-0.25, -0.2) is 13.6 Å². The van der Waals surface area contributed by atoms with Gasteiger partial charge in [0, 0.05) is 12.0 Å². The Morgan fingerprint density at radius 1 is 1.29 bits per heavy atom. The number of urea groups is 1. The predicted octanol–water partition coefficient (Wildman–Crippen LogP) is 3.99. The second kappa shape index (κ2) is 7.23. The van der Waals surface area contributed by atoms with E-state index in [0.717, 1.165) is 6.07 Å². The molecule has 24 heavy (non-hydrogen) atoms. The molecular formula is C15H17F5N2O2. The summed E-state index contributed by atoms with van der Waals surface area (Å²) in [6.07, 6.45) is -6.75. The van der Waals surface area contributed by atoms with Gasteiger partial charge in [-0.15, -0.1) is 13.2 Å². The number of ether oxygens (including phenoxy) is 1. The van der Waals surface area contributed by atoms with E-state index in [1.54, 1.807) is 13.0 Å². The van der Waals surface area contributed by atoms with Crippen molar-refractivity contribution >= 4 is 6.03 Å². The van der Waals surface area contributed by atoms with Crippen LogP contribution in [0.2, 0.25) is 0 Å². The van der Waals surface area contributed by atoms with E-state index >= 15 is 0 Å². The Morgan fingerprint density at radius 3 is 2.54 bits per heavy atom. The second-order valence-electron chi connectivity index (χ2n) is 5.72. The van der Waals surface area contributed by atoms with Gasteiger partial charge in [0.1, 0.15) is 5.75 Å². The third kappa shape index (κ3) is 5.24. The van der Waals surface area contributed by atoms with Gasteiger partial charge in [0.2, 0.25) is 6.43 Å². The van der Waals surface area contributed by atoms with Gasteiger partial charge in [0.15, 0.2) is 0 Å². The zero-order valence-corrected chi connectivity index (χ0v) is 12.7. The number of alkyl halides is 5. The minimum atomic E-state index is -4.79. The van der Waals surface area contributed by atoms with Crippen molar-refractivity contribution in [2.45, 2.75) is 44.6 Å². The normalized spacial score (nSPS) is 21.8. The first kappa shape index (κ1) is 18.3. The molecule has 0 bridgehead atoms. The number of benzene rings is 1. The molecule has 1 saturated carbocycles. The lowest BCUT2D eigenvalue weighted by atomic mass is 9.80. The summed E-state index contributed by atoms with van der Waals surface area (Å²) in [6, 6.07) is 3.82. The third-order valence-corrected chi connectivity index (χ3v) is 3.81. The molecule has 1 atom stereocenters. The molecule has 1 unspecified atom stereocenters. The zero-order valence-electron chi connectivity index (χ0n) is 12.7. The lowest BCUT2D eigenvalue weighted by Gasteiger charge is -2.35. The topological polar surface area (TPSA) is 50.4 Å². The number of halogens is 5. The summed E-state index contributed by atoms with van der Waals surface area (Å²) in [5.74, 6) is -1.07. The van der Waals surface area contributed by atoms with E-state index in [-0.39, 0.29) is 24.6 Å². The number of hydrogen-bond donors (Lipinski definition) is 2. The summed E-state index contributed by atoms with van der Waals surface area (Å²) in [6.45, 7) is 1.59. The van der Waals surface area contributed by atoms with Crippen LogP contribution in [0.3, 0.4) is 0 Å². The molecular weight excluding hydrogens is 335 g/mol. The molecule has 0 saturated heterocycles. The zero-order chi connectivity index (χ0) is 17.9. The lowest BCUT2D eigenvalue weighted by molar-refractivity contribution is -0.274.